The van der Waals surface area contributed by atoms with E-state index in [-0.39, 0.29) is 6.04 Å². The third-order valence-corrected chi connectivity index (χ3v) is 4.05. The van der Waals surface area contributed by atoms with E-state index in [1.165, 1.54) is 4.90 Å². The van der Waals surface area contributed by atoms with E-state index in [0.717, 1.165) is 5.56 Å². The van der Waals surface area contributed by atoms with Gasteiger partial charge in [-0.25, -0.2) is 4.79 Å². The van der Waals surface area contributed by atoms with Gasteiger partial charge in [0.2, 0.25) is 5.91 Å². The fraction of sp³-hybridized carbons (Fsp3) is 0.529. The van der Waals surface area contributed by atoms with Crippen molar-refractivity contribution in [3.63, 3.8) is 0 Å². The normalized spacial score (nSPS) is 25.1. The molecule has 120 valence electrons. The van der Waals surface area contributed by atoms with Crippen LogP contribution < -0.4 is 5.73 Å². The number of ether oxygens (including phenoxy) is 1. The molecule has 1 aliphatic heterocycles. The smallest absolute Gasteiger partial charge is 0.411 e. The lowest BCUT2D eigenvalue weighted by Gasteiger charge is -2.37. The van der Waals surface area contributed by atoms with E-state index in [1.54, 1.807) is 27.7 Å². The van der Waals surface area contributed by atoms with Crippen LogP contribution >= 0.6 is 0 Å². The van der Waals surface area contributed by atoms with Crippen LogP contribution in [0.15, 0.2) is 30.3 Å². The Bertz CT molecular complexity index is 565. The van der Waals surface area contributed by atoms with Crippen molar-refractivity contribution in [1.29, 1.82) is 0 Å². The van der Waals surface area contributed by atoms with Gasteiger partial charge in [0, 0.05) is 0 Å². The average molecular weight is 304 g/mol. The number of amides is 2. The quantitative estimate of drug-likeness (QED) is 0.913. The molecule has 0 bridgehead atoms. The van der Waals surface area contributed by atoms with Crippen LogP contribution in [0.3, 0.4) is 0 Å². The lowest BCUT2D eigenvalue weighted by molar-refractivity contribution is -0.128. The highest BCUT2D eigenvalue weighted by Gasteiger charge is 2.51. The summed E-state index contributed by atoms with van der Waals surface area (Å²) in [5, 5.41) is 0. The third-order valence-electron chi connectivity index (χ3n) is 4.05. The number of rotatable bonds is 2. The van der Waals surface area contributed by atoms with Gasteiger partial charge >= 0.3 is 6.09 Å². The highest BCUT2D eigenvalue weighted by Crippen LogP contribution is 2.43. The van der Waals surface area contributed by atoms with Gasteiger partial charge in [0.05, 0.1) is 6.04 Å². The molecule has 0 spiro atoms. The van der Waals surface area contributed by atoms with Gasteiger partial charge in [-0.3, -0.25) is 9.69 Å². The Hall–Kier alpha value is -2.04. The Kier molecular flexibility index (Phi) is 4.18. The molecule has 5 heteroatoms. The summed E-state index contributed by atoms with van der Waals surface area (Å²) in [5.41, 5.74) is 4.91. The highest BCUT2D eigenvalue weighted by molar-refractivity contribution is 5.89. The van der Waals surface area contributed by atoms with Gasteiger partial charge in [0.1, 0.15) is 11.1 Å². The van der Waals surface area contributed by atoms with E-state index in [2.05, 4.69) is 0 Å². The Morgan fingerprint density at radius 2 is 1.86 bits per heavy atom. The van der Waals surface area contributed by atoms with Crippen molar-refractivity contribution in [2.45, 2.75) is 57.7 Å². The molecule has 0 aliphatic carbocycles. The summed E-state index contributed by atoms with van der Waals surface area (Å²) >= 11 is 0. The average Bonchev–Trinajstić information content (AvgIpc) is 2.77. The van der Waals surface area contributed by atoms with E-state index in [4.69, 9.17) is 10.5 Å². The molecule has 1 aromatic carbocycles. The van der Waals surface area contributed by atoms with Crippen LogP contribution in [0.5, 0.6) is 0 Å². The van der Waals surface area contributed by atoms with E-state index in [1.807, 2.05) is 30.3 Å². The predicted octanol–water partition coefficient (Wildman–Crippen LogP) is 3.00. The zero-order chi connectivity index (χ0) is 16.5. The molecule has 1 aromatic rings. The first-order valence-electron chi connectivity index (χ1n) is 7.52. The predicted molar refractivity (Wildman–Crippen MR) is 84.1 cm³/mol. The van der Waals surface area contributed by atoms with Crippen molar-refractivity contribution in [3.05, 3.63) is 35.9 Å². The molecule has 2 atom stereocenters. The van der Waals surface area contributed by atoms with Crippen LogP contribution in [0.4, 0.5) is 4.79 Å². The minimum absolute atomic E-state index is 0.200. The van der Waals surface area contributed by atoms with Gasteiger partial charge < -0.3 is 10.5 Å². The van der Waals surface area contributed by atoms with Crippen LogP contribution in [0.2, 0.25) is 0 Å². The number of likely N-dealkylation sites (tertiary alicyclic amines) is 1. The molecular formula is C17H24N2O3. The Labute approximate surface area is 131 Å². The van der Waals surface area contributed by atoms with Crippen LogP contribution in [0, 0.1) is 0 Å². The first-order chi connectivity index (χ1) is 10.1. The summed E-state index contributed by atoms with van der Waals surface area (Å²) in [4.78, 5) is 26.1. The molecule has 2 unspecified atom stereocenters. The highest BCUT2D eigenvalue weighted by atomic mass is 16.6. The van der Waals surface area contributed by atoms with Crippen molar-refractivity contribution < 1.29 is 14.3 Å². The van der Waals surface area contributed by atoms with Gasteiger partial charge in [0.25, 0.3) is 0 Å². The van der Waals surface area contributed by atoms with E-state index in [9.17, 15) is 9.59 Å². The van der Waals surface area contributed by atoms with Crippen molar-refractivity contribution in [3.8, 4) is 0 Å². The second kappa shape index (κ2) is 5.63. The van der Waals surface area contributed by atoms with Crippen LogP contribution in [-0.4, -0.2) is 28.0 Å². The van der Waals surface area contributed by atoms with E-state index in [0.29, 0.717) is 12.8 Å². The van der Waals surface area contributed by atoms with Crippen LogP contribution in [0.1, 0.15) is 52.1 Å². The minimum atomic E-state index is -1.02. The van der Waals surface area contributed by atoms with Gasteiger partial charge in [-0.05, 0) is 46.1 Å². The molecular weight excluding hydrogens is 280 g/mol. The number of primary amides is 1. The second-order valence-corrected chi connectivity index (χ2v) is 6.95. The van der Waals surface area contributed by atoms with Crippen molar-refractivity contribution in [1.82, 2.24) is 4.90 Å². The van der Waals surface area contributed by atoms with Gasteiger partial charge in [-0.1, -0.05) is 30.3 Å². The van der Waals surface area contributed by atoms with Crippen LogP contribution in [0.25, 0.3) is 0 Å². The first-order valence-corrected chi connectivity index (χ1v) is 7.52. The lowest BCUT2D eigenvalue weighted by Crippen LogP contribution is -2.55. The van der Waals surface area contributed by atoms with Crippen molar-refractivity contribution in [2.75, 3.05) is 0 Å². The topological polar surface area (TPSA) is 72.6 Å². The summed E-state index contributed by atoms with van der Waals surface area (Å²) in [6.07, 6.45) is 0.712. The number of benzene rings is 1. The fourth-order valence-corrected chi connectivity index (χ4v) is 2.88. The summed E-state index contributed by atoms with van der Waals surface area (Å²) in [7, 11) is 0. The summed E-state index contributed by atoms with van der Waals surface area (Å²) in [6.45, 7) is 7.13. The molecule has 22 heavy (non-hydrogen) atoms. The molecule has 2 N–H and O–H groups in total. The molecule has 1 aliphatic rings. The molecule has 2 amide bonds. The third kappa shape index (κ3) is 3.08. The molecule has 5 nitrogen and oxygen atoms in total. The number of hydrogen-bond donors (Lipinski definition) is 1. The Balaban J connectivity index is 2.39. The molecule has 1 heterocycles. The SMILES string of the molecule is CC(C)(C)OC(=O)N1C(c2ccccc2)CCC1(C)C(N)=O. The maximum atomic E-state index is 12.7. The molecule has 2 rings (SSSR count). The van der Waals surface area contributed by atoms with Gasteiger partial charge in [-0.15, -0.1) is 0 Å². The summed E-state index contributed by atoms with van der Waals surface area (Å²) in [5.74, 6) is -0.503. The molecule has 0 aromatic heterocycles. The monoisotopic (exact) mass is 304 g/mol. The standard InChI is InChI=1S/C17H24N2O3/c1-16(2,3)22-15(21)19-13(12-8-6-5-7-9-12)10-11-17(19,4)14(18)20/h5-9,13H,10-11H2,1-4H3,(H2,18,20). The number of nitrogens with two attached hydrogens (primary N) is 1. The van der Waals surface area contributed by atoms with Gasteiger partial charge in [0.15, 0.2) is 0 Å². The Morgan fingerprint density at radius 3 is 2.36 bits per heavy atom. The number of carbonyl (C=O) groups excluding carboxylic acids is 2. The maximum absolute atomic E-state index is 12.7. The summed E-state index contributed by atoms with van der Waals surface area (Å²) in [6, 6.07) is 9.46. The molecule has 0 saturated carbocycles. The minimum Gasteiger partial charge on any atom is -0.444 e. The Morgan fingerprint density at radius 1 is 1.27 bits per heavy atom. The van der Waals surface area contributed by atoms with E-state index < -0.39 is 23.1 Å². The first kappa shape index (κ1) is 16.3. The molecule has 1 saturated heterocycles. The van der Waals surface area contributed by atoms with Crippen LogP contribution in [-0.2, 0) is 9.53 Å². The number of nitrogens with zero attached hydrogens (tertiary/aromatic N) is 1. The second-order valence-electron chi connectivity index (χ2n) is 6.95. The largest absolute Gasteiger partial charge is 0.444 e. The van der Waals surface area contributed by atoms with Gasteiger partial charge in [-0.2, -0.15) is 0 Å². The fourth-order valence-electron chi connectivity index (χ4n) is 2.88. The number of hydrogen-bond acceptors (Lipinski definition) is 3. The number of carbonyl (C=O) groups is 2. The van der Waals surface area contributed by atoms with Crippen molar-refractivity contribution >= 4 is 12.0 Å². The molecule has 0 radical (unpaired) electrons. The lowest BCUT2D eigenvalue weighted by atomic mass is 9.98. The van der Waals surface area contributed by atoms with Crippen molar-refractivity contribution in [2.24, 2.45) is 5.73 Å². The maximum Gasteiger partial charge on any atom is 0.411 e. The summed E-state index contributed by atoms with van der Waals surface area (Å²) < 4.78 is 5.50. The zero-order valence-corrected chi connectivity index (χ0v) is 13.6. The van der Waals surface area contributed by atoms with E-state index >= 15 is 0 Å². The zero-order valence-electron chi connectivity index (χ0n) is 13.6. The molecule has 1 fully saturated rings.